The summed E-state index contributed by atoms with van der Waals surface area (Å²) in [5.74, 6) is 0.876. The van der Waals surface area contributed by atoms with Gasteiger partial charge in [-0.2, -0.15) is 0 Å². The lowest BCUT2D eigenvalue weighted by molar-refractivity contribution is 0.131. The maximum absolute atomic E-state index is 9.46. The van der Waals surface area contributed by atoms with E-state index in [1.54, 1.807) is 6.33 Å². The maximum Gasteiger partial charge on any atom is 0.132 e. The van der Waals surface area contributed by atoms with Crippen LogP contribution in [-0.2, 0) is 11.3 Å². The van der Waals surface area contributed by atoms with E-state index in [-0.39, 0.29) is 6.10 Å². The molecule has 0 spiro atoms. The van der Waals surface area contributed by atoms with Gasteiger partial charge in [0.05, 0.1) is 18.4 Å². The molecule has 1 fully saturated rings. The van der Waals surface area contributed by atoms with Crippen molar-refractivity contribution in [1.29, 1.82) is 0 Å². The SMILES string of the molecule is CCOCc1cc(N2CCC(O)C2)ncn1. The molecule has 1 atom stereocenters. The smallest absolute Gasteiger partial charge is 0.132 e. The summed E-state index contributed by atoms with van der Waals surface area (Å²) >= 11 is 0. The van der Waals surface area contributed by atoms with E-state index in [2.05, 4.69) is 14.9 Å². The van der Waals surface area contributed by atoms with Crippen LogP contribution < -0.4 is 4.90 Å². The Kier molecular flexibility index (Phi) is 3.69. The standard InChI is InChI=1S/C11H17N3O2/c1-2-16-7-9-5-11(13-8-12-9)14-4-3-10(15)6-14/h5,8,10,15H,2-4,6-7H2,1H3. The third kappa shape index (κ3) is 2.68. The molecule has 0 aliphatic carbocycles. The zero-order valence-electron chi connectivity index (χ0n) is 9.46. The van der Waals surface area contributed by atoms with Crippen molar-refractivity contribution in [2.45, 2.75) is 26.1 Å². The van der Waals surface area contributed by atoms with E-state index in [4.69, 9.17) is 4.74 Å². The van der Waals surface area contributed by atoms with Gasteiger partial charge in [0, 0.05) is 25.8 Å². The van der Waals surface area contributed by atoms with E-state index < -0.39 is 0 Å². The van der Waals surface area contributed by atoms with E-state index in [9.17, 15) is 5.11 Å². The summed E-state index contributed by atoms with van der Waals surface area (Å²) in [5.41, 5.74) is 0.883. The van der Waals surface area contributed by atoms with Crippen molar-refractivity contribution in [3.8, 4) is 0 Å². The Morgan fingerprint density at radius 2 is 2.44 bits per heavy atom. The molecule has 5 heteroatoms. The highest BCUT2D eigenvalue weighted by Crippen LogP contribution is 2.18. The largest absolute Gasteiger partial charge is 0.391 e. The molecule has 1 aromatic heterocycles. The van der Waals surface area contributed by atoms with Crippen molar-refractivity contribution in [1.82, 2.24) is 9.97 Å². The van der Waals surface area contributed by atoms with Crippen LogP contribution in [0, 0.1) is 0 Å². The van der Waals surface area contributed by atoms with Crippen LogP contribution in [0.2, 0.25) is 0 Å². The summed E-state index contributed by atoms with van der Waals surface area (Å²) in [7, 11) is 0. The number of nitrogens with zero attached hydrogens (tertiary/aromatic N) is 3. The molecule has 1 aliphatic heterocycles. The van der Waals surface area contributed by atoms with Crippen LogP contribution in [0.25, 0.3) is 0 Å². The molecule has 0 bridgehead atoms. The van der Waals surface area contributed by atoms with Gasteiger partial charge in [-0.25, -0.2) is 9.97 Å². The van der Waals surface area contributed by atoms with E-state index in [0.29, 0.717) is 19.8 Å². The number of aliphatic hydroxyl groups excluding tert-OH is 1. The molecule has 1 N–H and O–H groups in total. The van der Waals surface area contributed by atoms with Crippen LogP contribution in [-0.4, -0.2) is 40.9 Å². The van der Waals surface area contributed by atoms with Crippen LogP contribution >= 0.6 is 0 Å². The zero-order valence-corrected chi connectivity index (χ0v) is 9.46. The van der Waals surface area contributed by atoms with Crippen LogP contribution in [0.1, 0.15) is 19.0 Å². The molecule has 1 aliphatic rings. The number of ether oxygens (including phenoxy) is 1. The Hall–Kier alpha value is -1.20. The molecule has 1 aromatic rings. The van der Waals surface area contributed by atoms with Crippen LogP contribution in [0.4, 0.5) is 5.82 Å². The van der Waals surface area contributed by atoms with Crippen LogP contribution in [0.3, 0.4) is 0 Å². The summed E-state index contributed by atoms with van der Waals surface area (Å²) in [5, 5.41) is 9.46. The fourth-order valence-corrected chi connectivity index (χ4v) is 1.79. The summed E-state index contributed by atoms with van der Waals surface area (Å²) < 4.78 is 5.30. The average Bonchev–Trinajstić information content (AvgIpc) is 2.74. The number of β-amino-alcohol motifs (C(OH)–C–C–N with tert-alkyl or cyclic N) is 1. The van der Waals surface area contributed by atoms with Gasteiger partial charge in [0.15, 0.2) is 0 Å². The maximum atomic E-state index is 9.46. The summed E-state index contributed by atoms with van der Waals surface area (Å²) in [6.45, 7) is 4.67. The molecule has 0 saturated carbocycles. The van der Waals surface area contributed by atoms with Crippen molar-refractivity contribution >= 4 is 5.82 Å². The average molecular weight is 223 g/mol. The number of aromatic nitrogens is 2. The second-order valence-electron chi connectivity index (χ2n) is 3.89. The first-order valence-corrected chi connectivity index (χ1v) is 5.61. The minimum atomic E-state index is -0.231. The number of rotatable bonds is 4. The third-order valence-corrected chi connectivity index (χ3v) is 2.65. The fraction of sp³-hybridized carbons (Fsp3) is 0.636. The predicted octanol–water partition coefficient (Wildman–Crippen LogP) is 0.584. The van der Waals surface area contributed by atoms with Crippen LogP contribution in [0.15, 0.2) is 12.4 Å². The third-order valence-electron chi connectivity index (χ3n) is 2.65. The first-order valence-electron chi connectivity index (χ1n) is 5.61. The van der Waals surface area contributed by atoms with Gasteiger partial charge in [-0.05, 0) is 13.3 Å². The lowest BCUT2D eigenvalue weighted by Crippen LogP contribution is -2.22. The Balaban J connectivity index is 2.04. The van der Waals surface area contributed by atoms with Crippen molar-refractivity contribution in [2.75, 3.05) is 24.6 Å². The summed E-state index contributed by atoms with van der Waals surface area (Å²) in [6.07, 6.45) is 2.13. The highest BCUT2D eigenvalue weighted by molar-refractivity contribution is 5.40. The Morgan fingerprint density at radius 1 is 1.56 bits per heavy atom. The van der Waals surface area contributed by atoms with Gasteiger partial charge in [0.1, 0.15) is 12.1 Å². The second-order valence-corrected chi connectivity index (χ2v) is 3.89. The topological polar surface area (TPSA) is 58.5 Å². The Labute approximate surface area is 95.1 Å². The van der Waals surface area contributed by atoms with E-state index in [0.717, 1.165) is 24.5 Å². The molecule has 16 heavy (non-hydrogen) atoms. The van der Waals surface area contributed by atoms with Gasteiger partial charge in [-0.1, -0.05) is 0 Å². The highest BCUT2D eigenvalue weighted by atomic mass is 16.5. The van der Waals surface area contributed by atoms with Crippen molar-refractivity contribution in [3.05, 3.63) is 18.1 Å². The van der Waals surface area contributed by atoms with Crippen molar-refractivity contribution in [2.24, 2.45) is 0 Å². The van der Waals surface area contributed by atoms with E-state index in [1.807, 2.05) is 13.0 Å². The summed E-state index contributed by atoms with van der Waals surface area (Å²) in [4.78, 5) is 10.4. The Morgan fingerprint density at radius 3 is 3.12 bits per heavy atom. The number of anilines is 1. The van der Waals surface area contributed by atoms with Crippen molar-refractivity contribution in [3.63, 3.8) is 0 Å². The predicted molar refractivity (Wildman–Crippen MR) is 60.2 cm³/mol. The van der Waals surface area contributed by atoms with Gasteiger partial charge in [-0.15, -0.1) is 0 Å². The quantitative estimate of drug-likeness (QED) is 0.809. The molecule has 0 radical (unpaired) electrons. The van der Waals surface area contributed by atoms with Crippen molar-refractivity contribution < 1.29 is 9.84 Å². The van der Waals surface area contributed by atoms with Gasteiger partial charge < -0.3 is 14.7 Å². The number of aliphatic hydroxyl groups is 1. The van der Waals surface area contributed by atoms with Crippen LogP contribution in [0.5, 0.6) is 0 Å². The second kappa shape index (κ2) is 5.23. The minimum absolute atomic E-state index is 0.231. The normalized spacial score (nSPS) is 20.4. The first kappa shape index (κ1) is 11.3. The lowest BCUT2D eigenvalue weighted by atomic mass is 10.3. The minimum Gasteiger partial charge on any atom is -0.391 e. The Bertz CT molecular complexity index is 346. The molecular weight excluding hydrogens is 206 g/mol. The molecular formula is C11H17N3O2. The number of hydrogen-bond donors (Lipinski definition) is 1. The monoisotopic (exact) mass is 223 g/mol. The van der Waals surface area contributed by atoms with Gasteiger partial charge in [-0.3, -0.25) is 0 Å². The highest BCUT2D eigenvalue weighted by Gasteiger charge is 2.21. The fourth-order valence-electron chi connectivity index (χ4n) is 1.79. The molecule has 1 saturated heterocycles. The molecule has 1 unspecified atom stereocenters. The molecule has 88 valence electrons. The number of hydrogen-bond acceptors (Lipinski definition) is 5. The molecule has 2 heterocycles. The lowest BCUT2D eigenvalue weighted by Gasteiger charge is -2.16. The van der Waals surface area contributed by atoms with E-state index in [1.165, 1.54) is 0 Å². The molecule has 2 rings (SSSR count). The molecule has 0 amide bonds. The van der Waals surface area contributed by atoms with Gasteiger partial charge in [0.2, 0.25) is 0 Å². The van der Waals surface area contributed by atoms with Gasteiger partial charge >= 0.3 is 0 Å². The van der Waals surface area contributed by atoms with E-state index >= 15 is 0 Å². The first-order chi connectivity index (χ1) is 7.79. The molecule has 5 nitrogen and oxygen atoms in total. The zero-order chi connectivity index (χ0) is 11.4. The van der Waals surface area contributed by atoms with Gasteiger partial charge in [0.25, 0.3) is 0 Å². The summed E-state index contributed by atoms with van der Waals surface area (Å²) in [6, 6.07) is 1.92. The molecule has 0 aromatic carbocycles.